The fourth-order valence-electron chi connectivity index (χ4n) is 3.56. The molecule has 0 aliphatic carbocycles. The molecule has 0 N–H and O–H groups in total. The first-order valence-corrected chi connectivity index (χ1v) is 10.0. The van der Waals surface area contributed by atoms with Gasteiger partial charge in [0.2, 0.25) is 0 Å². The standard InChI is InChI=1S/C24H22F4N4/c1-23(2,21-9-11-31(29-21)19-7-5-15(25)13-17(19)27)24(3,4)22-10-12-32(30-22)20-8-6-16(26)14-18(20)28/h5-14H,1-4H3. The van der Waals surface area contributed by atoms with Gasteiger partial charge in [-0.1, -0.05) is 27.7 Å². The van der Waals surface area contributed by atoms with E-state index < -0.39 is 34.1 Å². The van der Waals surface area contributed by atoms with Crippen molar-refractivity contribution in [3.63, 3.8) is 0 Å². The number of aromatic nitrogens is 4. The number of benzene rings is 2. The Labute approximate surface area is 183 Å². The second-order valence-corrected chi connectivity index (χ2v) is 8.73. The van der Waals surface area contributed by atoms with Gasteiger partial charge in [0.15, 0.2) is 11.6 Å². The van der Waals surface area contributed by atoms with Crippen LogP contribution >= 0.6 is 0 Å². The normalized spacial score (nSPS) is 12.4. The maximum Gasteiger partial charge on any atom is 0.151 e. The van der Waals surface area contributed by atoms with Crippen molar-refractivity contribution in [3.8, 4) is 11.4 Å². The molecular weight excluding hydrogens is 420 g/mol. The van der Waals surface area contributed by atoms with Crippen LogP contribution in [0.1, 0.15) is 39.1 Å². The molecule has 0 saturated carbocycles. The van der Waals surface area contributed by atoms with Crippen LogP contribution in [0, 0.1) is 23.3 Å². The predicted octanol–water partition coefficient (Wildman–Crippen LogP) is 5.87. The van der Waals surface area contributed by atoms with E-state index in [4.69, 9.17) is 0 Å². The van der Waals surface area contributed by atoms with Crippen LogP contribution in [0.4, 0.5) is 17.6 Å². The van der Waals surface area contributed by atoms with Crippen LogP contribution in [-0.2, 0) is 10.8 Å². The first kappa shape index (κ1) is 21.8. The Morgan fingerprint density at radius 3 is 1.31 bits per heavy atom. The third-order valence-electron chi connectivity index (χ3n) is 6.33. The van der Waals surface area contributed by atoms with E-state index >= 15 is 0 Å². The van der Waals surface area contributed by atoms with E-state index in [1.165, 1.54) is 33.6 Å². The summed E-state index contributed by atoms with van der Waals surface area (Å²) >= 11 is 0. The van der Waals surface area contributed by atoms with Crippen molar-refractivity contribution < 1.29 is 17.6 Å². The number of hydrogen-bond donors (Lipinski definition) is 0. The smallest absolute Gasteiger partial charge is 0.151 e. The summed E-state index contributed by atoms with van der Waals surface area (Å²) in [5.74, 6) is -2.74. The molecule has 0 amide bonds. The third-order valence-corrected chi connectivity index (χ3v) is 6.33. The van der Waals surface area contributed by atoms with Crippen molar-refractivity contribution in [2.24, 2.45) is 0 Å². The summed E-state index contributed by atoms with van der Waals surface area (Å²) in [6, 6.07) is 10.2. The SMILES string of the molecule is CC(C)(c1ccn(-c2ccc(F)cc2F)n1)C(C)(C)c1ccn(-c2ccc(F)cc2F)n1. The zero-order chi connectivity index (χ0) is 23.3. The molecule has 0 saturated heterocycles. The van der Waals surface area contributed by atoms with Crippen LogP contribution in [0.5, 0.6) is 0 Å². The van der Waals surface area contributed by atoms with Crippen LogP contribution in [0.15, 0.2) is 60.9 Å². The molecule has 4 rings (SSSR count). The van der Waals surface area contributed by atoms with Crippen molar-refractivity contribution in [2.45, 2.75) is 38.5 Å². The van der Waals surface area contributed by atoms with Gasteiger partial charge < -0.3 is 0 Å². The van der Waals surface area contributed by atoms with Gasteiger partial charge >= 0.3 is 0 Å². The summed E-state index contributed by atoms with van der Waals surface area (Å²) in [6.07, 6.45) is 3.24. The molecule has 2 aromatic carbocycles. The Balaban J connectivity index is 1.68. The molecular formula is C24H22F4N4. The Bertz CT molecular complexity index is 1190. The molecule has 0 radical (unpaired) electrons. The zero-order valence-corrected chi connectivity index (χ0v) is 18.1. The van der Waals surface area contributed by atoms with Crippen molar-refractivity contribution in [1.82, 2.24) is 19.6 Å². The van der Waals surface area contributed by atoms with Crippen molar-refractivity contribution in [1.29, 1.82) is 0 Å². The Hall–Kier alpha value is -3.42. The van der Waals surface area contributed by atoms with Gasteiger partial charge in [-0.25, -0.2) is 26.9 Å². The molecule has 8 heteroatoms. The molecule has 32 heavy (non-hydrogen) atoms. The summed E-state index contributed by atoms with van der Waals surface area (Å²) in [6.45, 7) is 7.94. The molecule has 0 unspecified atom stereocenters. The molecule has 4 aromatic rings. The number of halogens is 4. The summed E-state index contributed by atoms with van der Waals surface area (Å²) in [5, 5.41) is 9.08. The van der Waals surface area contributed by atoms with Crippen molar-refractivity contribution in [2.75, 3.05) is 0 Å². The molecule has 2 heterocycles. The van der Waals surface area contributed by atoms with Gasteiger partial charge in [-0.2, -0.15) is 10.2 Å². The van der Waals surface area contributed by atoms with Gasteiger partial charge in [0.25, 0.3) is 0 Å². The molecule has 166 valence electrons. The third kappa shape index (κ3) is 3.59. The predicted molar refractivity (Wildman–Crippen MR) is 113 cm³/mol. The molecule has 0 fully saturated rings. The quantitative estimate of drug-likeness (QED) is 0.363. The van der Waals surface area contributed by atoms with Crippen molar-refractivity contribution in [3.05, 3.63) is 95.6 Å². The van der Waals surface area contributed by atoms with Gasteiger partial charge in [0.05, 0.1) is 11.4 Å². The highest BCUT2D eigenvalue weighted by atomic mass is 19.1. The second kappa shape index (κ2) is 7.62. The first-order chi connectivity index (χ1) is 15.0. The highest BCUT2D eigenvalue weighted by Crippen LogP contribution is 2.42. The van der Waals surface area contributed by atoms with Crippen LogP contribution < -0.4 is 0 Å². The van der Waals surface area contributed by atoms with Gasteiger partial charge in [-0.15, -0.1) is 0 Å². The van der Waals surface area contributed by atoms with Crippen LogP contribution in [0.25, 0.3) is 11.4 Å². The maximum atomic E-state index is 14.2. The second-order valence-electron chi connectivity index (χ2n) is 8.73. The zero-order valence-electron chi connectivity index (χ0n) is 18.1. The molecule has 0 bridgehead atoms. The average Bonchev–Trinajstić information content (AvgIpc) is 3.38. The van der Waals surface area contributed by atoms with E-state index in [0.29, 0.717) is 11.4 Å². The fourth-order valence-corrected chi connectivity index (χ4v) is 3.56. The molecule has 0 aliphatic rings. The largest absolute Gasteiger partial charge is 0.238 e. The van der Waals surface area contributed by atoms with Gasteiger partial charge in [-0.05, 0) is 36.4 Å². The monoisotopic (exact) mass is 442 g/mol. The molecule has 2 aromatic heterocycles. The average molecular weight is 442 g/mol. The minimum atomic E-state index is -0.711. The first-order valence-electron chi connectivity index (χ1n) is 10.0. The summed E-state index contributed by atoms with van der Waals surface area (Å²) in [5.41, 5.74) is 0.483. The van der Waals surface area contributed by atoms with Crippen LogP contribution in [-0.4, -0.2) is 19.6 Å². The Morgan fingerprint density at radius 2 is 0.969 bits per heavy atom. The van der Waals surface area contributed by atoms with E-state index in [1.54, 1.807) is 24.5 Å². The molecule has 0 atom stereocenters. The summed E-state index contributed by atoms with van der Waals surface area (Å²) < 4.78 is 57.6. The lowest BCUT2D eigenvalue weighted by Crippen LogP contribution is -2.41. The highest BCUT2D eigenvalue weighted by Gasteiger charge is 2.43. The Kier molecular flexibility index (Phi) is 5.19. The highest BCUT2D eigenvalue weighted by molar-refractivity contribution is 5.37. The molecule has 4 nitrogen and oxygen atoms in total. The van der Waals surface area contributed by atoms with E-state index in [2.05, 4.69) is 10.2 Å². The number of rotatable bonds is 5. The van der Waals surface area contributed by atoms with Crippen LogP contribution in [0.3, 0.4) is 0 Å². The Morgan fingerprint density at radius 1 is 0.594 bits per heavy atom. The number of hydrogen-bond acceptors (Lipinski definition) is 2. The van der Waals surface area contributed by atoms with Gasteiger partial charge in [0.1, 0.15) is 23.0 Å². The van der Waals surface area contributed by atoms with E-state index in [9.17, 15) is 17.6 Å². The van der Waals surface area contributed by atoms with Gasteiger partial charge in [-0.3, -0.25) is 0 Å². The maximum absolute atomic E-state index is 14.2. The van der Waals surface area contributed by atoms with Gasteiger partial charge in [0, 0.05) is 35.4 Å². The lowest BCUT2D eigenvalue weighted by atomic mass is 9.64. The van der Waals surface area contributed by atoms with Crippen molar-refractivity contribution >= 4 is 0 Å². The van der Waals surface area contributed by atoms with E-state index in [0.717, 1.165) is 12.1 Å². The number of nitrogens with zero attached hydrogens (tertiary/aromatic N) is 4. The topological polar surface area (TPSA) is 35.6 Å². The minimum absolute atomic E-state index is 0.141. The summed E-state index contributed by atoms with van der Waals surface area (Å²) in [4.78, 5) is 0. The summed E-state index contributed by atoms with van der Waals surface area (Å²) in [7, 11) is 0. The lowest BCUT2D eigenvalue weighted by Gasteiger charge is -2.39. The van der Waals surface area contributed by atoms with E-state index in [-0.39, 0.29) is 11.4 Å². The molecule has 0 aliphatic heterocycles. The van der Waals surface area contributed by atoms with Crippen LogP contribution in [0.2, 0.25) is 0 Å². The lowest BCUT2D eigenvalue weighted by molar-refractivity contribution is 0.286. The van der Waals surface area contributed by atoms with E-state index in [1.807, 2.05) is 27.7 Å². The molecule has 0 spiro atoms. The fraction of sp³-hybridized carbons (Fsp3) is 0.250. The minimum Gasteiger partial charge on any atom is -0.238 e.